The minimum Gasteiger partial charge on any atom is -0.300 e. The van der Waals surface area contributed by atoms with Gasteiger partial charge in [-0.25, -0.2) is 13.1 Å². The Bertz CT molecular complexity index is 439. The molecule has 1 aliphatic rings. The number of likely N-dealkylation sites (tertiary alicyclic amines) is 1. The lowest BCUT2D eigenvalue weighted by atomic mass is 10.1. The van der Waals surface area contributed by atoms with Crippen molar-refractivity contribution in [2.75, 3.05) is 19.6 Å². The minimum atomic E-state index is -3.33. The summed E-state index contributed by atoms with van der Waals surface area (Å²) in [5, 5.41) is 0. The van der Waals surface area contributed by atoms with E-state index >= 15 is 0 Å². The number of hydrogen-bond donors (Lipinski definition) is 1. The van der Waals surface area contributed by atoms with Crippen molar-refractivity contribution in [1.29, 1.82) is 0 Å². The second-order valence-electron chi connectivity index (χ2n) is 3.98. The van der Waals surface area contributed by atoms with E-state index in [1.165, 1.54) is 0 Å². The minimum absolute atomic E-state index is 0.0603. The Morgan fingerprint density at radius 2 is 1.78 bits per heavy atom. The Balaban J connectivity index is 0.000000771. The molecule has 1 saturated heterocycles. The van der Waals surface area contributed by atoms with Gasteiger partial charge in [-0.1, -0.05) is 39.0 Å². The number of rotatable bonds is 4. The van der Waals surface area contributed by atoms with Crippen LogP contribution in [-0.2, 0) is 10.0 Å². The van der Waals surface area contributed by atoms with Gasteiger partial charge in [-0.05, 0) is 18.7 Å². The van der Waals surface area contributed by atoms with Gasteiger partial charge in [0.1, 0.15) is 0 Å². The zero-order chi connectivity index (χ0) is 13.6. The molecule has 0 unspecified atom stereocenters. The predicted octanol–water partition coefficient (Wildman–Crippen LogP) is 1.70. The average molecular weight is 270 g/mol. The quantitative estimate of drug-likeness (QED) is 0.906. The molecule has 1 fully saturated rings. The second-order valence-corrected chi connectivity index (χ2v) is 5.70. The summed E-state index contributed by atoms with van der Waals surface area (Å²) >= 11 is 0. The van der Waals surface area contributed by atoms with E-state index in [2.05, 4.69) is 16.5 Å². The van der Waals surface area contributed by atoms with Crippen molar-refractivity contribution < 1.29 is 8.42 Å². The molecule has 1 aromatic carbocycles. The molecule has 0 atom stereocenters. The van der Waals surface area contributed by atoms with Gasteiger partial charge in [0.05, 0.1) is 4.90 Å². The predicted molar refractivity (Wildman–Crippen MR) is 74.0 cm³/mol. The van der Waals surface area contributed by atoms with Crippen LogP contribution in [0.2, 0.25) is 0 Å². The molecule has 4 nitrogen and oxygen atoms in total. The average Bonchev–Trinajstić information content (AvgIpc) is 2.37. The first kappa shape index (κ1) is 15.1. The molecule has 2 rings (SSSR count). The van der Waals surface area contributed by atoms with Gasteiger partial charge in [0.2, 0.25) is 10.0 Å². The largest absolute Gasteiger partial charge is 0.300 e. The molecular formula is C13H22N2O2S. The Hall–Kier alpha value is -0.910. The summed E-state index contributed by atoms with van der Waals surface area (Å²) in [7, 11) is -3.33. The van der Waals surface area contributed by atoms with E-state index in [1.807, 2.05) is 13.8 Å². The highest BCUT2D eigenvalue weighted by Gasteiger charge is 2.29. The van der Waals surface area contributed by atoms with Crippen molar-refractivity contribution in [2.45, 2.75) is 31.7 Å². The molecule has 18 heavy (non-hydrogen) atoms. The maximum atomic E-state index is 11.9. The Labute approximate surface area is 110 Å². The van der Waals surface area contributed by atoms with Crippen LogP contribution in [0.1, 0.15) is 20.8 Å². The van der Waals surface area contributed by atoms with Gasteiger partial charge in [-0.15, -0.1) is 0 Å². The van der Waals surface area contributed by atoms with Gasteiger partial charge < -0.3 is 4.90 Å². The van der Waals surface area contributed by atoms with Crippen LogP contribution in [0.5, 0.6) is 0 Å². The van der Waals surface area contributed by atoms with Crippen LogP contribution in [0, 0.1) is 0 Å². The van der Waals surface area contributed by atoms with E-state index in [0.717, 1.165) is 19.6 Å². The monoisotopic (exact) mass is 270 g/mol. The summed E-state index contributed by atoms with van der Waals surface area (Å²) in [6.45, 7) is 8.66. The van der Waals surface area contributed by atoms with Crippen molar-refractivity contribution in [2.24, 2.45) is 0 Å². The third kappa shape index (κ3) is 3.80. The van der Waals surface area contributed by atoms with Crippen LogP contribution < -0.4 is 4.72 Å². The molecule has 0 aromatic heterocycles. The third-order valence-corrected chi connectivity index (χ3v) is 4.32. The van der Waals surface area contributed by atoms with Crippen molar-refractivity contribution in [3.63, 3.8) is 0 Å². The third-order valence-electron chi connectivity index (χ3n) is 2.78. The Kier molecular flexibility index (Phi) is 5.78. The van der Waals surface area contributed by atoms with Crippen LogP contribution in [0.3, 0.4) is 0 Å². The molecule has 102 valence electrons. The lowest BCUT2D eigenvalue weighted by Crippen LogP contribution is -2.58. The topological polar surface area (TPSA) is 49.4 Å². The van der Waals surface area contributed by atoms with Gasteiger partial charge in [-0.2, -0.15) is 0 Å². The first-order valence-electron chi connectivity index (χ1n) is 6.41. The van der Waals surface area contributed by atoms with E-state index in [1.54, 1.807) is 30.3 Å². The maximum absolute atomic E-state index is 11.9. The SMILES string of the molecule is CC.CCN1CC(NS(=O)(=O)c2ccccc2)C1. The molecule has 0 aliphatic carbocycles. The molecule has 0 saturated carbocycles. The number of benzene rings is 1. The highest BCUT2D eigenvalue weighted by molar-refractivity contribution is 7.89. The highest BCUT2D eigenvalue weighted by Crippen LogP contribution is 2.12. The standard InChI is InChI=1S/C11H16N2O2S.C2H6/c1-2-13-8-10(9-13)12-16(14,15)11-6-4-3-5-7-11;1-2/h3-7,10,12H,2,8-9H2,1H3;1-2H3. The summed E-state index contributed by atoms with van der Waals surface area (Å²) in [6, 6.07) is 8.55. The molecule has 0 bridgehead atoms. The zero-order valence-corrected chi connectivity index (χ0v) is 12.1. The fourth-order valence-electron chi connectivity index (χ4n) is 1.79. The summed E-state index contributed by atoms with van der Waals surface area (Å²) in [5.41, 5.74) is 0. The zero-order valence-electron chi connectivity index (χ0n) is 11.3. The lowest BCUT2D eigenvalue weighted by molar-refractivity contribution is 0.149. The fraction of sp³-hybridized carbons (Fsp3) is 0.538. The molecule has 0 amide bonds. The number of likely N-dealkylation sites (N-methyl/N-ethyl adjacent to an activating group) is 1. The van der Waals surface area contributed by atoms with Gasteiger partial charge in [-0.3, -0.25) is 0 Å². The Morgan fingerprint density at radius 3 is 2.28 bits per heavy atom. The molecule has 5 heteroatoms. The van der Waals surface area contributed by atoms with Gasteiger partial charge in [0.25, 0.3) is 0 Å². The van der Waals surface area contributed by atoms with Crippen LogP contribution >= 0.6 is 0 Å². The van der Waals surface area contributed by atoms with Crippen LogP contribution in [-0.4, -0.2) is 39.0 Å². The van der Waals surface area contributed by atoms with E-state index in [-0.39, 0.29) is 6.04 Å². The van der Waals surface area contributed by atoms with Crippen LogP contribution in [0.15, 0.2) is 35.2 Å². The van der Waals surface area contributed by atoms with Gasteiger partial charge in [0, 0.05) is 19.1 Å². The summed E-state index contributed by atoms with van der Waals surface area (Å²) in [5.74, 6) is 0. The van der Waals surface area contributed by atoms with Crippen molar-refractivity contribution in [3.8, 4) is 0 Å². The molecule has 1 aliphatic heterocycles. The van der Waals surface area contributed by atoms with E-state index in [4.69, 9.17) is 0 Å². The number of sulfonamides is 1. The van der Waals surface area contributed by atoms with E-state index in [0.29, 0.717) is 4.90 Å². The number of nitrogens with zero attached hydrogens (tertiary/aromatic N) is 1. The molecule has 1 N–H and O–H groups in total. The molecule has 1 heterocycles. The lowest BCUT2D eigenvalue weighted by Gasteiger charge is -2.38. The molecule has 1 aromatic rings. The number of hydrogen-bond acceptors (Lipinski definition) is 3. The van der Waals surface area contributed by atoms with Gasteiger partial charge >= 0.3 is 0 Å². The number of nitrogens with one attached hydrogen (secondary N) is 1. The molecule has 0 spiro atoms. The fourth-order valence-corrected chi connectivity index (χ4v) is 3.03. The van der Waals surface area contributed by atoms with Crippen molar-refractivity contribution in [3.05, 3.63) is 30.3 Å². The first-order chi connectivity index (χ1) is 8.62. The van der Waals surface area contributed by atoms with E-state index in [9.17, 15) is 8.42 Å². The summed E-state index contributed by atoms with van der Waals surface area (Å²) in [4.78, 5) is 2.53. The highest BCUT2D eigenvalue weighted by atomic mass is 32.2. The molecular weight excluding hydrogens is 248 g/mol. The van der Waals surface area contributed by atoms with Crippen molar-refractivity contribution in [1.82, 2.24) is 9.62 Å². The maximum Gasteiger partial charge on any atom is 0.240 e. The van der Waals surface area contributed by atoms with Gasteiger partial charge in [0.15, 0.2) is 0 Å². The first-order valence-corrected chi connectivity index (χ1v) is 7.90. The smallest absolute Gasteiger partial charge is 0.240 e. The normalized spacial score (nSPS) is 16.6. The molecule has 0 radical (unpaired) electrons. The van der Waals surface area contributed by atoms with Crippen molar-refractivity contribution >= 4 is 10.0 Å². The van der Waals surface area contributed by atoms with E-state index < -0.39 is 10.0 Å². The van der Waals surface area contributed by atoms with Crippen LogP contribution in [0.4, 0.5) is 0 Å². The summed E-state index contributed by atoms with van der Waals surface area (Å²) in [6.07, 6.45) is 0. The second kappa shape index (κ2) is 6.87. The van der Waals surface area contributed by atoms with Crippen LogP contribution in [0.25, 0.3) is 0 Å². The summed E-state index contributed by atoms with van der Waals surface area (Å²) < 4.78 is 26.5. The Morgan fingerprint density at radius 1 is 1.22 bits per heavy atom.